The van der Waals surface area contributed by atoms with Gasteiger partial charge in [0.15, 0.2) is 0 Å². The van der Waals surface area contributed by atoms with Crippen LogP contribution in [-0.2, 0) is 6.42 Å². The lowest BCUT2D eigenvalue weighted by Gasteiger charge is -2.27. The second-order valence-electron chi connectivity index (χ2n) is 7.89. The number of ether oxygens (including phenoxy) is 1. The van der Waals surface area contributed by atoms with E-state index in [0.717, 1.165) is 43.2 Å². The molecule has 1 aliphatic heterocycles. The van der Waals surface area contributed by atoms with Crippen LogP contribution in [-0.4, -0.2) is 61.5 Å². The molecule has 0 radical (unpaired) electrons. The summed E-state index contributed by atoms with van der Waals surface area (Å²) in [6.07, 6.45) is 4.19. The van der Waals surface area contributed by atoms with Crippen LogP contribution in [0.3, 0.4) is 0 Å². The van der Waals surface area contributed by atoms with E-state index in [-0.39, 0.29) is 12.1 Å². The maximum Gasteiger partial charge on any atom is 0.134 e. The van der Waals surface area contributed by atoms with E-state index in [2.05, 4.69) is 32.3 Å². The molecular weight excluding hydrogens is 354 g/mol. The zero-order valence-corrected chi connectivity index (χ0v) is 16.8. The van der Waals surface area contributed by atoms with Gasteiger partial charge in [0.1, 0.15) is 23.7 Å². The summed E-state index contributed by atoms with van der Waals surface area (Å²) in [7, 11) is 5.65. The molecule has 1 aromatic carbocycles. The molecule has 0 saturated carbocycles. The molecule has 0 amide bonds. The van der Waals surface area contributed by atoms with Crippen LogP contribution in [0.25, 0.3) is 0 Å². The SMILES string of the molecule is COc1ccc2c(c1)C(NC[C@H]1C[C@@H](O)CN1c1cc(N(C)C)ncn1)CC2. The van der Waals surface area contributed by atoms with Gasteiger partial charge in [-0.1, -0.05) is 6.07 Å². The Labute approximate surface area is 166 Å². The van der Waals surface area contributed by atoms with Gasteiger partial charge < -0.3 is 25.0 Å². The van der Waals surface area contributed by atoms with Crippen molar-refractivity contribution in [3.05, 3.63) is 41.7 Å². The average Bonchev–Trinajstić information content (AvgIpc) is 3.28. The number of β-amino-alcohol motifs (C(OH)–C–C–N with tert-alkyl or cyclic N) is 1. The molecule has 0 bridgehead atoms. The van der Waals surface area contributed by atoms with Crippen LogP contribution in [0.5, 0.6) is 5.75 Å². The monoisotopic (exact) mass is 383 g/mol. The fraction of sp³-hybridized carbons (Fsp3) is 0.524. The van der Waals surface area contributed by atoms with Crippen molar-refractivity contribution in [2.45, 2.75) is 37.5 Å². The summed E-state index contributed by atoms with van der Waals surface area (Å²) in [6.45, 7) is 1.41. The van der Waals surface area contributed by atoms with Gasteiger partial charge >= 0.3 is 0 Å². The molecule has 4 rings (SSSR count). The zero-order valence-electron chi connectivity index (χ0n) is 16.8. The molecule has 3 atom stereocenters. The predicted octanol–water partition coefficient (Wildman–Crippen LogP) is 1.77. The van der Waals surface area contributed by atoms with Gasteiger partial charge in [0.2, 0.25) is 0 Å². The van der Waals surface area contributed by atoms with Crippen molar-refractivity contribution in [3.63, 3.8) is 0 Å². The maximum atomic E-state index is 10.3. The summed E-state index contributed by atoms with van der Waals surface area (Å²) >= 11 is 0. The van der Waals surface area contributed by atoms with Crippen molar-refractivity contribution in [1.82, 2.24) is 15.3 Å². The number of methoxy groups -OCH3 is 1. The summed E-state index contributed by atoms with van der Waals surface area (Å²) < 4.78 is 5.40. The molecule has 150 valence electrons. The van der Waals surface area contributed by atoms with Crippen molar-refractivity contribution < 1.29 is 9.84 Å². The van der Waals surface area contributed by atoms with Gasteiger partial charge in [-0.15, -0.1) is 0 Å². The molecule has 1 fully saturated rings. The normalized spacial score (nSPS) is 23.7. The van der Waals surface area contributed by atoms with Crippen molar-refractivity contribution in [1.29, 1.82) is 0 Å². The lowest BCUT2D eigenvalue weighted by atomic mass is 10.1. The van der Waals surface area contributed by atoms with Crippen molar-refractivity contribution >= 4 is 11.6 Å². The van der Waals surface area contributed by atoms with Gasteiger partial charge in [0.25, 0.3) is 0 Å². The van der Waals surface area contributed by atoms with E-state index in [1.54, 1.807) is 13.4 Å². The highest BCUT2D eigenvalue weighted by atomic mass is 16.5. The van der Waals surface area contributed by atoms with Crippen LogP contribution >= 0.6 is 0 Å². The van der Waals surface area contributed by atoms with Gasteiger partial charge in [-0.2, -0.15) is 0 Å². The lowest BCUT2D eigenvalue weighted by Crippen LogP contribution is -2.39. The highest BCUT2D eigenvalue weighted by molar-refractivity contribution is 5.51. The number of benzene rings is 1. The maximum absolute atomic E-state index is 10.3. The molecule has 1 aromatic heterocycles. The Hall–Kier alpha value is -2.38. The summed E-state index contributed by atoms with van der Waals surface area (Å²) in [6, 6.07) is 8.87. The first-order chi connectivity index (χ1) is 13.5. The van der Waals surface area contributed by atoms with Gasteiger partial charge in [-0.3, -0.25) is 0 Å². The topological polar surface area (TPSA) is 73.8 Å². The minimum absolute atomic E-state index is 0.203. The van der Waals surface area contributed by atoms with Crippen molar-refractivity contribution in [2.24, 2.45) is 0 Å². The zero-order chi connectivity index (χ0) is 19.7. The fourth-order valence-corrected chi connectivity index (χ4v) is 4.30. The molecule has 2 aliphatic rings. The Bertz CT molecular complexity index is 828. The fourth-order valence-electron chi connectivity index (χ4n) is 4.30. The number of aliphatic hydroxyl groups excluding tert-OH is 1. The van der Waals surface area contributed by atoms with Gasteiger partial charge in [0.05, 0.1) is 13.2 Å². The number of aliphatic hydroxyl groups is 1. The average molecular weight is 383 g/mol. The van der Waals surface area contributed by atoms with E-state index in [1.807, 2.05) is 31.1 Å². The standard InChI is InChI=1S/C21H29N5O2/c1-25(2)20-10-21(24-13-23-20)26-12-16(27)8-15(26)11-22-19-7-5-14-4-6-17(28-3)9-18(14)19/h4,6,9-10,13,15-16,19,22,27H,5,7-8,11-12H2,1-3H3/t15-,16-,19?/m1/s1. The highest BCUT2D eigenvalue weighted by Crippen LogP contribution is 2.34. The lowest BCUT2D eigenvalue weighted by molar-refractivity contribution is 0.193. The van der Waals surface area contributed by atoms with E-state index in [0.29, 0.717) is 12.6 Å². The summed E-state index contributed by atoms with van der Waals surface area (Å²) in [5, 5.41) is 14.0. The third-order valence-corrected chi connectivity index (χ3v) is 5.81. The van der Waals surface area contributed by atoms with Crippen molar-refractivity contribution in [2.75, 3.05) is 44.1 Å². The smallest absolute Gasteiger partial charge is 0.134 e. The van der Waals surface area contributed by atoms with E-state index in [9.17, 15) is 5.11 Å². The Kier molecular flexibility index (Phi) is 5.37. The molecule has 7 nitrogen and oxygen atoms in total. The number of nitrogens with one attached hydrogen (secondary N) is 1. The summed E-state index contributed by atoms with van der Waals surface area (Å²) in [5.74, 6) is 2.65. The molecule has 2 aromatic rings. The summed E-state index contributed by atoms with van der Waals surface area (Å²) in [4.78, 5) is 12.9. The third-order valence-electron chi connectivity index (χ3n) is 5.81. The molecule has 0 spiro atoms. The van der Waals surface area contributed by atoms with Gasteiger partial charge in [-0.25, -0.2) is 9.97 Å². The molecule has 2 N–H and O–H groups in total. The number of nitrogens with zero attached hydrogens (tertiary/aromatic N) is 4. The van der Waals surface area contributed by atoms with Crippen LogP contribution in [0.1, 0.15) is 30.0 Å². The minimum Gasteiger partial charge on any atom is -0.497 e. The second kappa shape index (κ2) is 7.93. The second-order valence-corrected chi connectivity index (χ2v) is 7.89. The summed E-state index contributed by atoms with van der Waals surface area (Å²) in [5.41, 5.74) is 2.73. The number of hydrogen-bond donors (Lipinski definition) is 2. The molecule has 2 heterocycles. The van der Waals surface area contributed by atoms with Crippen molar-refractivity contribution in [3.8, 4) is 5.75 Å². The van der Waals surface area contributed by atoms with Gasteiger partial charge in [-0.05, 0) is 42.5 Å². The quantitative estimate of drug-likeness (QED) is 0.787. The van der Waals surface area contributed by atoms with Crippen LogP contribution in [0.4, 0.5) is 11.6 Å². The van der Waals surface area contributed by atoms with Crippen LogP contribution in [0.15, 0.2) is 30.6 Å². The highest BCUT2D eigenvalue weighted by Gasteiger charge is 2.33. The number of fused-ring (bicyclic) bond motifs is 1. The predicted molar refractivity (Wildman–Crippen MR) is 110 cm³/mol. The number of aryl methyl sites for hydroxylation is 1. The first kappa shape index (κ1) is 19.0. The Morgan fingerprint density at radius 1 is 1.29 bits per heavy atom. The largest absolute Gasteiger partial charge is 0.497 e. The van der Waals surface area contributed by atoms with E-state index in [4.69, 9.17) is 4.74 Å². The van der Waals surface area contributed by atoms with Gasteiger partial charge in [0, 0.05) is 45.3 Å². The first-order valence-electron chi connectivity index (χ1n) is 9.89. The number of rotatable bonds is 6. The molecule has 28 heavy (non-hydrogen) atoms. The van der Waals surface area contributed by atoms with Crippen LogP contribution < -0.4 is 19.9 Å². The molecule has 7 heteroatoms. The molecule has 1 saturated heterocycles. The minimum atomic E-state index is -0.333. The number of aromatic nitrogens is 2. The van der Waals surface area contributed by atoms with Crippen LogP contribution in [0.2, 0.25) is 0 Å². The Balaban J connectivity index is 1.47. The van der Waals surface area contributed by atoms with E-state index in [1.165, 1.54) is 11.1 Å². The molecule has 1 aliphatic carbocycles. The van der Waals surface area contributed by atoms with Crippen LogP contribution in [0, 0.1) is 0 Å². The number of anilines is 2. The molecular formula is C21H29N5O2. The molecule has 1 unspecified atom stereocenters. The Morgan fingerprint density at radius 3 is 2.93 bits per heavy atom. The van der Waals surface area contributed by atoms with E-state index < -0.39 is 0 Å². The Morgan fingerprint density at radius 2 is 2.14 bits per heavy atom. The number of hydrogen-bond acceptors (Lipinski definition) is 7. The van der Waals surface area contributed by atoms with E-state index >= 15 is 0 Å². The third kappa shape index (κ3) is 3.77. The first-order valence-corrected chi connectivity index (χ1v) is 9.89.